The number of benzene rings is 4. The minimum absolute atomic E-state index is 0.404. The molecule has 182 valence electrons. The van der Waals surface area contributed by atoms with Crippen molar-refractivity contribution in [3.63, 3.8) is 0 Å². The Morgan fingerprint density at radius 3 is 2.51 bits per heavy atom. The van der Waals surface area contributed by atoms with Gasteiger partial charge in [-0.2, -0.15) is 0 Å². The average molecular weight is 500 g/mol. The maximum absolute atomic E-state index is 6.35. The quantitative estimate of drug-likeness (QED) is 0.229. The molecule has 0 aliphatic heterocycles. The predicted octanol–water partition coefficient (Wildman–Crippen LogP) is 8.85. The minimum Gasteiger partial charge on any atom is -0.355 e. The normalized spacial score (nSPS) is 16.4. The maximum atomic E-state index is 6.35. The van der Waals surface area contributed by atoms with E-state index in [2.05, 4.69) is 96.1 Å². The molecule has 3 nitrogen and oxygen atoms in total. The third-order valence-corrected chi connectivity index (χ3v) is 7.95. The number of thiophene rings is 1. The fourth-order valence-corrected chi connectivity index (χ4v) is 5.97. The Bertz CT molecular complexity index is 1640. The lowest BCUT2D eigenvalue weighted by Gasteiger charge is -2.18. The summed E-state index contributed by atoms with van der Waals surface area (Å²) in [6.07, 6.45) is 9.44. The van der Waals surface area contributed by atoms with Gasteiger partial charge in [0.15, 0.2) is 0 Å². The van der Waals surface area contributed by atoms with Crippen LogP contribution < -0.4 is 11.1 Å². The second-order valence-corrected chi connectivity index (χ2v) is 10.7. The van der Waals surface area contributed by atoms with E-state index in [1.54, 1.807) is 0 Å². The number of hydrogen-bond acceptors (Lipinski definition) is 4. The Hall–Kier alpha value is -3.99. The first-order valence-electron chi connectivity index (χ1n) is 12.7. The Morgan fingerprint density at radius 1 is 0.919 bits per heavy atom. The zero-order valence-electron chi connectivity index (χ0n) is 20.8. The van der Waals surface area contributed by atoms with Gasteiger partial charge < -0.3 is 11.1 Å². The Balaban J connectivity index is 1.32. The zero-order valence-corrected chi connectivity index (χ0v) is 21.6. The average Bonchev–Trinajstić information content (AvgIpc) is 3.29. The van der Waals surface area contributed by atoms with Crippen molar-refractivity contribution in [1.29, 1.82) is 0 Å². The molecule has 3 N–H and O–H groups in total. The molecule has 0 bridgehead atoms. The minimum atomic E-state index is -0.404. The smallest absolute Gasteiger partial charge is 0.123 e. The second kappa shape index (κ2) is 10.2. The van der Waals surface area contributed by atoms with Gasteiger partial charge in [-0.25, -0.2) is 0 Å². The van der Waals surface area contributed by atoms with Crippen LogP contribution in [0.5, 0.6) is 0 Å². The maximum Gasteiger partial charge on any atom is 0.123 e. The largest absolute Gasteiger partial charge is 0.355 e. The van der Waals surface area contributed by atoms with Crippen molar-refractivity contribution in [1.82, 2.24) is 0 Å². The van der Waals surface area contributed by atoms with Crippen molar-refractivity contribution < 1.29 is 0 Å². The van der Waals surface area contributed by atoms with Crippen LogP contribution in [0.3, 0.4) is 0 Å². The molecule has 1 heterocycles. The number of nitrogens with two attached hydrogens (primary N) is 1. The third kappa shape index (κ3) is 4.99. The van der Waals surface area contributed by atoms with Gasteiger partial charge in [0.05, 0.1) is 0 Å². The predicted molar refractivity (Wildman–Crippen MR) is 161 cm³/mol. The molecule has 37 heavy (non-hydrogen) atoms. The van der Waals surface area contributed by atoms with E-state index in [9.17, 15) is 0 Å². The Labute approximate surface area is 221 Å². The number of nitrogens with zero attached hydrogens (tertiary/aromatic N) is 1. The van der Waals surface area contributed by atoms with Crippen LogP contribution in [0.15, 0.2) is 114 Å². The first-order valence-corrected chi connectivity index (χ1v) is 13.5. The van der Waals surface area contributed by atoms with Crippen molar-refractivity contribution >= 4 is 54.7 Å². The number of allylic oxidation sites excluding steroid dienone is 4. The molecule has 1 unspecified atom stereocenters. The first kappa shape index (κ1) is 23.4. The van der Waals surface area contributed by atoms with Gasteiger partial charge in [-0.05, 0) is 59.4 Å². The molecule has 0 spiro atoms. The van der Waals surface area contributed by atoms with Crippen LogP contribution in [0, 0.1) is 5.92 Å². The van der Waals surface area contributed by atoms with E-state index in [-0.39, 0.29) is 0 Å². The fourth-order valence-electron chi connectivity index (χ4n) is 4.84. The summed E-state index contributed by atoms with van der Waals surface area (Å²) in [5, 5.41) is 6.33. The lowest BCUT2D eigenvalue weighted by atomic mass is 9.92. The van der Waals surface area contributed by atoms with Gasteiger partial charge in [-0.3, -0.25) is 4.99 Å². The summed E-state index contributed by atoms with van der Waals surface area (Å²) in [7, 11) is 0. The number of nitrogens with one attached hydrogen (secondary N) is 1. The number of anilines is 2. The highest BCUT2D eigenvalue weighted by Crippen LogP contribution is 2.41. The standard InChI is InChI=1S/C33H29N3S/c1-22-8-7-11-25(18-22)28-19-29-27-12-5-6-13-31(27)37-32(29)20-30(28)36-26-16-14-24(15-17-26)33(34)35-21-23-9-3-2-4-10-23/h2-7,9-22,33,36H,8,34H2,1H3/t22-,33?/m0/s1. The third-order valence-electron chi connectivity index (χ3n) is 6.81. The van der Waals surface area contributed by atoms with E-state index < -0.39 is 6.17 Å². The van der Waals surface area contributed by atoms with Gasteiger partial charge >= 0.3 is 0 Å². The van der Waals surface area contributed by atoms with E-state index in [0.717, 1.165) is 28.9 Å². The second-order valence-electron chi connectivity index (χ2n) is 9.61. The van der Waals surface area contributed by atoms with Crippen molar-refractivity contribution in [2.75, 3.05) is 5.32 Å². The highest BCUT2D eigenvalue weighted by Gasteiger charge is 2.15. The summed E-state index contributed by atoms with van der Waals surface area (Å²) in [5.74, 6) is 0.528. The molecule has 1 aliphatic rings. The van der Waals surface area contributed by atoms with Gasteiger partial charge in [0.2, 0.25) is 0 Å². The van der Waals surface area contributed by atoms with Crippen LogP contribution in [-0.4, -0.2) is 6.21 Å². The van der Waals surface area contributed by atoms with Crippen molar-refractivity contribution in [3.8, 4) is 0 Å². The van der Waals surface area contributed by atoms with Crippen LogP contribution in [0.1, 0.15) is 36.2 Å². The monoisotopic (exact) mass is 499 g/mol. The van der Waals surface area contributed by atoms with Crippen LogP contribution >= 0.6 is 11.3 Å². The van der Waals surface area contributed by atoms with E-state index in [4.69, 9.17) is 5.73 Å². The van der Waals surface area contributed by atoms with Crippen LogP contribution in [0.4, 0.5) is 11.4 Å². The van der Waals surface area contributed by atoms with Gasteiger partial charge in [0, 0.05) is 43.3 Å². The molecule has 5 aromatic rings. The summed E-state index contributed by atoms with van der Waals surface area (Å²) >= 11 is 1.84. The number of aliphatic imine (C=N–C) groups is 1. The molecule has 2 atom stereocenters. The summed E-state index contributed by atoms with van der Waals surface area (Å²) in [6, 6.07) is 31.6. The molecule has 0 radical (unpaired) electrons. The molecule has 0 amide bonds. The van der Waals surface area contributed by atoms with E-state index in [1.165, 1.54) is 31.3 Å². The lowest BCUT2D eigenvalue weighted by Crippen LogP contribution is -2.07. The molecular weight excluding hydrogens is 470 g/mol. The molecule has 4 heteroatoms. The number of rotatable bonds is 6. The lowest BCUT2D eigenvalue weighted by molar-refractivity contribution is 0.740. The van der Waals surface area contributed by atoms with Crippen molar-refractivity contribution in [2.45, 2.75) is 19.5 Å². The zero-order chi connectivity index (χ0) is 25.2. The molecule has 4 aromatic carbocycles. The SMILES string of the molecule is C[C@@H]1C=C(c2cc3c(cc2Nc2ccc(C(N)N=Cc4ccccc4)cc2)sc2ccccc23)C=CC1. The van der Waals surface area contributed by atoms with Gasteiger partial charge in [-0.1, -0.05) is 85.8 Å². The molecule has 0 saturated heterocycles. The first-order chi connectivity index (χ1) is 18.1. The van der Waals surface area contributed by atoms with E-state index >= 15 is 0 Å². The highest BCUT2D eigenvalue weighted by molar-refractivity contribution is 7.25. The van der Waals surface area contributed by atoms with Crippen molar-refractivity contribution in [3.05, 3.63) is 126 Å². The topological polar surface area (TPSA) is 50.4 Å². The fraction of sp³-hybridized carbons (Fsp3) is 0.121. The van der Waals surface area contributed by atoms with E-state index in [0.29, 0.717) is 5.92 Å². The Morgan fingerprint density at radius 2 is 1.70 bits per heavy atom. The van der Waals surface area contributed by atoms with Gasteiger partial charge in [-0.15, -0.1) is 11.3 Å². The highest BCUT2D eigenvalue weighted by atomic mass is 32.1. The van der Waals surface area contributed by atoms with Gasteiger partial charge in [0.1, 0.15) is 6.17 Å². The number of fused-ring (bicyclic) bond motifs is 3. The molecule has 1 aromatic heterocycles. The molecule has 1 aliphatic carbocycles. The number of hydrogen-bond donors (Lipinski definition) is 2. The summed E-state index contributed by atoms with van der Waals surface area (Å²) < 4.78 is 2.60. The Kier molecular flexibility index (Phi) is 6.44. The van der Waals surface area contributed by atoms with Crippen molar-refractivity contribution in [2.24, 2.45) is 16.6 Å². The van der Waals surface area contributed by atoms with Crippen LogP contribution in [0.2, 0.25) is 0 Å². The molecular formula is C33H29N3S. The van der Waals surface area contributed by atoms with Crippen LogP contribution in [0.25, 0.3) is 25.7 Å². The molecule has 0 fully saturated rings. The van der Waals surface area contributed by atoms with Gasteiger partial charge in [0.25, 0.3) is 0 Å². The summed E-state index contributed by atoms with van der Waals surface area (Å²) in [6.45, 7) is 2.28. The molecule has 0 saturated carbocycles. The van der Waals surface area contributed by atoms with Crippen LogP contribution in [-0.2, 0) is 0 Å². The molecule has 6 rings (SSSR count). The van der Waals surface area contributed by atoms with E-state index in [1.807, 2.05) is 47.9 Å². The summed E-state index contributed by atoms with van der Waals surface area (Å²) in [4.78, 5) is 4.53. The summed E-state index contributed by atoms with van der Waals surface area (Å²) in [5.41, 5.74) is 13.0.